The van der Waals surface area contributed by atoms with Gasteiger partial charge in [0.1, 0.15) is 24.8 Å². The van der Waals surface area contributed by atoms with Crippen molar-refractivity contribution in [2.75, 3.05) is 24.7 Å². The maximum atomic E-state index is 13.3. The van der Waals surface area contributed by atoms with Crippen molar-refractivity contribution in [3.05, 3.63) is 56.6 Å². The molecule has 2 aromatic carbocycles. The fraction of sp³-hybridized carbons (Fsp3) is 0.222. The highest BCUT2D eigenvalue weighted by Gasteiger charge is 2.18. The second kappa shape index (κ2) is 9.54. The number of ketones is 2. The quantitative estimate of drug-likeness (QED) is 0.423. The fourth-order valence-corrected chi connectivity index (χ4v) is 2.79. The van der Waals surface area contributed by atoms with Gasteiger partial charge in [-0.15, -0.1) is 0 Å². The normalized spacial score (nSPS) is 10.2. The Morgan fingerprint density at radius 2 is 1.44 bits per heavy atom. The van der Waals surface area contributed by atoms with Gasteiger partial charge >= 0.3 is 0 Å². The van der Waals surface area contributed by atoms with Gasteiger partial charge in [0.15, 0.2) is 11.6 Å². The van der Waals surface area contributed by atoms with E-state index in [-0.39, 0.29) is 11.1 Å². The first-order valence-corrected chi connectivity index (χ1v) is 8.42. The first-order chi connectivity index (χ1) is 12.6. The topological polar surface area (TPSA) is 127 Å². The van der Waals surface area contributed by atoms with Crippen molar-refractivity contribution in [2.24, 2.45) is 0 Å². The molecule has 27 heavy (non-hydrogen) atoms. The standard InChI is InChI=1S/C9H9BrFNO2.C9H10FNO2/c1-4-8(7(14)3-13)6(11)2-5(10)9(4)12;1-5-7(11)3-2-6(10)9(5)8(13)4-12/h2,13H,3,12H2,1H3;2-3,12H,4,11H2,1H3. The highest BCUT2D eigenvalue weighted by atomic mass is 79.9. The van der Waals surface area contributed by atoms with E-state index in [2.05, 4.69) is 15.9 Å². The third-order valence-electron chi connectivity index (χ3n) is 3.83. The maximum absolute atomic E-state index is 13.3. The van der Waals surface area contributed by atoms with Crippen LogP contribution in [0.1, 0.15) is 31.8 Å². The summed E-state index contributed by atoms with van der Waals surface area (Å²) in [4.78, 5) is 22.2. The molecule has 0 saturated carbocycles. The molecule has 0 aromatic heterocycles. The molecule has 2 rings (SSSR count). The molecule has 2 aromatic rings. The molecular formula is C18H19BrF2N2O4. The van der Waals surface area contributed by atoms with Gasteiger partial charge in [-0.05, 0) is 59.1 Å². The van der Waals surface area contributed by atoms with Crippen LogP contribution < -0.4 is 11.5 Å². The Kier molecular flexibility index (Phi) is 8.01. The summed E-state index contributed by atoms with van der Waals surface area (Å²) in [5, 5.41) is 17.2. The first kappa shape index (κ1) is 22.7. The molecule has 6 nitrogen and oxygen atoms in total. The molecule has 0 unspecified atom stereocenters. The first-order valence-electron chi connectivity index (χ1n) is 7.63. The van der Waals surface area contributed by atoms with Crippen molar-refractivity contribution in [1.82, 2.24) is 0 Å². The Morgan fingerprint density at radius 1 is 0.963 bits per heavy atom. The highest BCUT2D eigenvalue weighted by Crippen LogP contribution is 2.28. The molecule has 9 heteroatoms. The lowest BCUT2D eigenvalue weighted by Gasteiger charge is -2.09. The summed E-state index contributed by atoms with van der Waals surface area (Å²) in [5.74, 6) is -2.64. The lowest BCUT2D eigenvalue weighted by atomic mass is 10.0. The van der Waals surface area contributed by atoms with Crippen LogP contribution in [0, 0.1) is 25.5 Å². The van der Waals surface area contributed by atoms with Crippen LogP contribution in [0.5, 0.6) is 0 Å². The Balaban J connectivity index is 0.000000271. The number of anilines is 2. The molecular weight excluding hydrogens is 426 g/mol. The van der Waals surface area contributed by atoms with Crippen LogP contribution in [0.25, 0.3) is 0 Å². The lowest BCUT2D eigenvalue weighted by Crippen LogP contribution is -2.11. The van der Waals surface area contributed by atoms with Gasteiger partial charge < -0.3 is 21.7 Å². The van der Waals surface area contributed by atoms with Gasteiger partial charge in [-0.25, -0.2) is 8.78 Å². The van der Waals surface area contributed by atoms with E-state index < -0.39 is 36.4 Å². The molecule has 0 atom stereocenters. The van der Waals surface area contributed by atoms with Crippen molar-refractivity contribution in [3.63, 3.8) is 0 Å². The molecule has 6 N–H and O–H groups in total. The molecule has 0 aliphatic carbocycles. The Morgan fingerprint density at radius 3 is 1.93 bits per heavy atom. The molecule has 0 heterocycles. The monoisotopic (exact) mass is 444 g/mol. The average molecular weight is 445 g/mol. The number of nitrogen functional groups attached to an aromatic ring is 2. The minimum Gasteiger partial charge on any atom is -0.398 e. The lowest BCUT2D eigenvalue weighted by molar-refractivity contribution is 0.0893. The van der Waals surface area contributed by atoms with Gasteiger partial charge in [-0.3, -0.25) is 9.59 Å². The van der Waals surface area contributed by atoms with Crippen molar-refractivity contribution in [3.8, 4) is 0 Å². The summed E-state index contributed by atoms with van der Waals surface area (Å²) in [6.45, 7) is 1.65. The van der Waals surface area contributed by atoms with Crippen LogP contribution in [-0.4, -0.2) is 35.0 Å². The number of rotatable bonds is 4. The van der Waals surface area contributed by atoms with E-state index in [1.807, 2.05) is 0 Å². The van der Waals surface area contributed by atoms with E-state index >= 15 is 0 Å². The van der Waals surface area contributed by atoms with Crippen LogP contribution in [0.3, 0.4) is 0 Å². The third-order valence-corrected chi connectivity index (χ3v) is 4.49. The summed E-state index contributed by atoms with van der Waals surface area (Å²) >= 11 is 3.06. The van der Waals surface area contributed by atoms with Crippen LogP contribution in [-0.2, 0) is 0 Å². The van der Waals surface area contributed by atoms with Crippen molar-refractivity contribution >= 4 is 38.9 Å². The minimum atomic E-state index is -0.723. The van der Waals surface area contributed by atoms with Crippen LogP contribution >= 0.6 is 15.9 Å². The number of carbonyl (C=O) groups is 2. The number of hydrogen-bond acceptors (Lipinski definition) is 6. The summed E-state index contributed by atoms with van der Waals surface area (Å²) in [6, 6.07) is 3.62. The number of nitrogens with two attached hydrogens (primary N) is 2. The summed E-state index contributed by atoms with van der Waals surface area (Å²) in [6.07, 6.45) is 0. The number of hydrogen-bond donors (Lipinski definition) is 4. The van der Waals surface area contributed by atoms with Crippen LogP contribution in [0.4, 0.5) is 20.2 Å². The molecule has 0 amide bonds. The van der Waals surface area contributed by atoms with Gasteiger partial charge in [0.05, 0.1) is 11.1 Å². The zero-order valence-electron chi connectivity index (χ0n) is 14.6. The molecule has 146 valence electrons. The van der Waals surface area contributed by atoms with E-state index in [0.29, 0.717) is 27.0 Å². The van der Waals surface area contributed by atoms with Gasteiger partial charge in [-0.2, -0.15) is 0 Å². The highest BCUT2D eigenvalue weighted by molar-refractivity contribution is 9.10. The van der Waals surface area contributed by atoms with Gasteiger partial charge in [-0.1, -0.05) is 0 Å². The Bertz CT molecular complexity index is 888. The zero-order chi connectivity index (χ0) is 20.9. The van der Waals surface area contributed by atoms with Gasteiger partial charge in [0.25, 0.3) is 0 Å². The summed E-state index contributed by atoms with van der Waals surface area (Å²) < 4.78 is 26.8. The molecule has 0 spiro atoms. The van der Waals surface area contributed by atoms with E-state index in [1.54, 1.807) is 6.92 Å². The van der Waals surface area contributed by atoms with Crippen molar-refractivity contribution < 1.29 is 28.6 Å². The second-order valence-corrected chi connectivity index (χ2v) is 6.41. The molecule has 0 bridgehead atoms. The van der Waals surface area contributed by atoms with E-state index in [9.17, 15) is 18.4 Å². The third kappa shape index (κ3) is 5.09. The molecule has 0 radical (unpaired) electrons. The van der Waals surface area contributed by atoms with Crippen LogP contribution in [0.15, 0.2) is 22.7 Å². The predicted molar refractivity (Wildman–Crippen MR) is 102 cm³/mol. The minimum absolute atomic E-state index is 0.123. The van der Waals surface area contributed by atoms with Crippen molar-refractivity contribution in [1.29, 1.82) is 0 Å². The largest absolute Gasteiger partial charge is 0.398 e. The summed E-state index contributed by atoms with van der Waals surface area (Å²) in [5.41, 5.74) is 12.2. The molecule has 0 fully saturated rings. The fourth-order valence-electron chi connectivity index (χ4n) is 2.29. The number of halogens is 3. The number of aliphatic hydroxyl groups is 2. The SMILES string of the molecule is Cc1c(N)c(Br)cc(F)c1C(=O)CO.Cc1c(N)ccc(F)c1C(=O)CO. The van der Waals surface area contributed by atoms with Gasteiger partial charge in [0.2, 0.25) is 0 Å². The van der Waals surface area contributed by atoms with Crippen molar-refractivity contribution in [2.45, 2.75) is 13.8 Å². The number of benzene rings is 2. The second-order valence-electron chi connectivity index (χ2n) is 5.55. The molecule has 0 aliphatic rings. The molecule has 0 saturated heterocycles. The average Bonchev–Trinajstić information content (AvgIpc) is 2.63. The van der Waals surface area contributed by atoms with Crippen LogP contribution in [0.2, 0.25) is 0 Å². The number of Topliss-reactive ketones (excluding diaryl/α,β-unsaturated/α-hetero) is 2. The Labute approximate surface area is 162 Å². The Hall–Kier alpha value is -2.36. The molecule has 0 aliphatic heterocycles. The van der Waals surface area contributed by atoms with E-state index in [1.165, 1.54) is 13.0 Å². The zero-order valence-corrected chi connectivity index (χ0v) is 16.2. The smallest absolute Gasteiger partial charge is 0.191 e. The summed E-state index contributed by atoms with van der Waals surface area (Å²) in [7, 11) is 0. The number of aliphatic hydroxyl groups excluding tert-OH is 2. The maximum Gasteiger partial charge on any atom is 0.191 e. The predicted octanol–water partition coefficient (Wildman–Crippen LogP) is 2.55. The number of carbonyl (C=O) groups excluding carboxylic acids is 2. The van der Waals surface area contributed by atoms with E-state index in [0.717, 1.165) is 12.1 Å². The van der Waals surface area contributed by atoms with Gasteiger partial charge in [0, 0.05) is 15.8 Å². The van der Waals surface area contributed by atoms with E-state index in [4.69, 9.17) is 21.7 Å².